The van der Waals surface area contributed by atoms with E-state index >= 15 is 0 Å². The number of carboxylic acid groups (broad SMARTS) is 1. The van der Waals surface area contributed by atoms with Gasteiger partial charge >= 0.3 is 5.97 Å². The second kappa shape index (κ2) is 5.44. The highest BCUT2D eigenvalue weighted by Crippen LogP contribution is 2.49. The normalized spacial score (nSPS) is 25.3. The summed E-state index contributed by atoms with van der Waals surface area (Å²) in [7, 11) is 1.68. The van der Waals surface area contributed by atoms with Crippen molar-refractivity contribution in [2.24, 2.45) is 18.4 Å². The molecule has 1 saturated carbocycles. The predicted molar refractivity (Wildman–Crippen MR) is 92.5 cm³/mol. The van der Waals surface area contributed by atoms with Crippen LogP contribution in [-0.4, -0.2) is 39.5 Å². The third kappa shape index (κ3) is 2.20. The van der Waals surface area contributed by atoms with Gasteiger partial charge in [-0.1, -0.05) is 24.6 Å². The number of fused-ring (bicyclic) bond motifs is 2. The maximum atomic E-state index is 13.1. The summed E-state index contributed by atoms with van der Waals surface area (Å²) in [4.78, 5) is 38.8. The van der Waals surface area contributed by atoms with Crippen LogP contribution in [0.4, 0.5) is 0 Å². The number of carbonyl (C=O) groups excluding carboxylic acids is 1. The fourth-order valence-electron chi connectivity index (χ4n) is 4.55. The quantitative estimate of drug-likeness (QED) is 0.905. The van der Waals surface area contributed by atoms with Crippen LogP contribution in [0.1, 0.15) is 29.6 Å². The fraction of sp³-hybridized carbons (Fsp3) is 0.421. The zero-order chi connectivity index (χ0) is 17.8. The summed E-state index contributed by atoms with van der Waals surface area (Å²) in [5.74, 6) is -1.05. The lowest BCUT2D eigenvalue weighted by Gasteiger charge is -2.23. The molecule has 1 saturated heterocycles. The number of nitrogens with zero attached hydrogens (tertiary/aromatic N) is 2. The van der Waals surface area contributed by atoms with Gasteiger partial charge in [0, 0.05) is 31.6 Å². The van der Waals surface area contributed by atoms with Crippen molar-refractivity contribution in [1.82, 2.24) is 9.47 Å². The van der Waals surface area contributed by atoms with Crippen LogP contribution < -0.4 is 5.56 Å². The lowest BCUT2D eigenvalue weighted by Crippen LogP contribution is -2.37. The Bertz CT molecular complexity index is 948. The monoisotopic (exact) mass is 340 g/mol. The van der Waals surface area contributed by atoms with Crippen molar-refractivity contribution in [1.29, 1.82) is 0 Å². The molecule has 2 atom stereocenters. The first-order valence-corrected chi connectivity index (χ1v) is 8.55. The number of carboxylic acids is 1. The molecule has 4 rings (SSSR count). The number of carbonyl (C=O) groups is 2. The minimum Gasteiger partial charge on any atom is -0.481 e. The summed E-state index contributed by atoms with van der Waals surface area (Å²) in [5.41, 5.74) is 0.00451. The van der Waals surface area contributed by atoms with Crippen molar-refractivity contribution in [2.75, 3.05) is 13.1 Å². The Morgan fingerprint density at radius 1 is 1.28 bits per heavy atom. The molecule has 1 aromatic heterocycles. The molecule has 2 aliphatic rings. The molecule has 1 aliphatic heterocycles. The Kier molecular flexibility index (Phi) is 3.45. The molecule has 2 fully saturated rings. The number of aliphatic carboxylic acids is 1. The minimum absolute atomic E-state index is 0.00626. The van der Waals surface area contributed by atoms with Crippen molar-refractivity contribution in [3.8, 4) is 0 Å². The van der Waals surface area contributed by atoms with E-state index in [1.54, 1.807) is 11.9 Å². The van der Waals surface area contributed by atoms with E-state index in [0.717, 1.165) is 18.2 Å². The summed E-state index contributed by atoms with van der Waals surface area (Å²) < 4.78 is 1.52. The number of hydrogen-bond acceptors (Lipinski definition) is 3. The first-order valence-electron chi connectivity index (χ1n) is 8.55. The number of likely N-dealkylation sites (tertiary alicyclic amines) is 1. The van der Waals surface area contributed by atoms with E-state index in [2.05, 4.69) is 0 Å². The van der Waals surface area contributed by atoms with Gasteiger partial charge in [0.1, 0.15) is 0 Å². The van der Waals surface area contributed by atoms with Gasteiger partial charge in [0.2, 0.25) is 0 Å². The van der Waals surface area contributed by atoms with Gasteiger partial charge in [0.05, 0.1) is 16.5 Å². The van der Waals surface area contributed by atoms with Gasteiger partial charge in [-0.05, 0) is 24.8 Å². The van der Waals surface area contributed by atoms with Crippen LogP contribution >= 0.6 is 0 Å². The molecular weight excluding hydrogens is 320 g/mol. The molecule has 25 heavy (non-hydrogen) atoms. The highest BCUT2D eigenvalue weighted by Gasteiger charge is 2.55. The van der Waals surface area contributed by atoms with Crippen molar-refractivity contribution in [2.45, 2.75) is 19.3 Å². The maximum absolute atomic E-state index is 13.1. The number of hydrogen-bond donors (Lipinski definition) is 1. The molecule has 130 valence electrons. The van der Waals surface area contributed by atoms with Crippen LogP contribution in [0.5, 0.6) is 0 Å². The number of aromatic nitrogens is 1. The van der Waals surface area contributed by atoms with Crippen LogP contribution in [0.25, 0.3) is 10.9 Å². The van der Waals surface area contributed by atoms with Crippen LogP contribution in [-0.2, 0) is 11.8 Å². The molecular formula is C19H20N2O4. The second-order valence-corrected chi connectivity index (χ2v) is 7.21. The summed E-state index contributed by atoms with van der Waals surface area (Å²) in [6, 6.07) is 8.67. The van der Waals surface area contributed by atoms with E-state index in [-0.39, 0.29) is 23.9 Å². The zero-order valence-electron chi connectivity index (χ0n) is 14.1. The van der Waals surface area contributed by atoms with Gasteiger partial charge in [0.25, 0.3) is 11.5 Å². The molecule has 0 bridgehead atoms. The number of amides is 1. The Hall–Kier alpha value is -2.63. The molecule has 0 spiro atoms. The van der Waals surface area contributed by atoms with Gasteiger partial charge in [-0.2, -0.15) is 0 Å². The SMILES string of the molecule is Cn1c(=O)cc(C(=O)N2C[C@@H]3CCC[C@@]3(C(=O)O)C2)c2ccccc21. The van der Waals surface area contributed by atoms with Crippen molar-refractivity contribution >= 4 is 22.8 Å². The molecule has 6 nitrogen and oxygen atoms in total. The highest BCUT2D eigenvalue weighted by molar-refractivity contribution is 6.06. The third-order valence-corrected chi connectivity index (χ3v) is 5.97. The number of rotatable bonds is 2. The summed E-state index contributed by atoms with van der Waals surface area (Å²) in [5, 5.41) is 10.4. The van der Waals surface area contributed by atoms with E-state index < -0.39 is 11.4 Å². The Balaban J connectivity index is 1.76. The maximum Gasteiger partial charge on any atom is 0.311 e. The molecule has 1 N–H and O–H groups in total. The highest BCUT2D eigenvalue weighted by atomic mass is 16.4. The lowest BCUT2D eigenvalue weighted by molar-refractivity contribution is -0.149. The summed E-state index contributed by atoms with van der Waals surface area (Å²) in [6.45, 7) is 0.685. The molecule has 1 aromatic carbocycles. The van der Waals surface area contributed by atoms with E-state index in [0.29, 0.717) is 24.0 Å². The Labute approximate surface area is 144 Å². The van der Waals surface area contributed by atoms with Crippen molar-refractivity contribution < 1.29 is 14.7 Å². The van der Waals surface area contributed by atoms with Gasteiger partial charge in [-0.15, -0.1) is 0 Å². The van der Waals surface area contributed by atoms with Crippen molar-refractivity contribution in [3.63, 3.8) is 0 Å². The minimum atomic E-state index is -0.814. The van der Waals surface area contributed by atoms with E-state index in [1.165, 1.54) is 10.6 Å². The van der Waals surface area contributed by atoms with Gasteiger partial charge in [0.15, 0.2) is 0 Å². The van der Waals surface area contributed by atoms with Gasteiger partial charge < -0.3 is 14.6 Å². The number of pyridine rings is 1. The van der Waals surface area contributed by atoms with Crippen LogP contribution in [0, 0.1) is 11.3 Å². The molecule has 0 unspecified atom stereocenters. The Morgan fingerprint density at radius 3 is 2.76 bits per heavy atom. The largest absolute Gasteiger partial charge is 0.481 e. The smallest absolute Gasteiger partial charge is 0.311 e. The van der Waals surface area contributed by atoms with Crippen LogP contribution in [0.3, 0.4) is 0 Å². The Morgan fingerprint density at radius 2 is 2.04 bits per heavy atom. The second-order valence-electron chi connectivity index (χ2n) is 7.21. The predicted octanol–water partition coefficient (Wildman–Crippen LogP) is 1.87. The van der Waals surface area contributed by atoms with Gasteiger partial charge in [-0.25, -0.2) is 0 Å². The van der Waals surface area contributed by atoms with Crippen LogP contribution in [0.2, 0.25) is 0 Å². The number of benzene rings is 1. The molecule has 2 aromatic rings. The average molecular weight is 340 g/mol. The number of para-hydroxylation sites is 1. The van der Waals surface area contributed by atoms with E-state index in [1.807, 2.05) is 24.3 Å². The van der Waals surface area contributed by atoms with Gasteiger partial charge in [-0.3, -0.25) is 14.4 Å². The molecule has 6 heteroatoms. The van der Waals surface area contributed by atoms with Crippen molar-refractivity contribution in [3.05, 3.63) is 46.2 Å². The number of aryl methyl sites for hydroxylation is 1. The summed E-state index contributed by atoms with van der Waals surface area (Å²) in [6.07, 6.45) is 2.36. The molecule has 1 aliphatic carbocycles. The topological polar surface area (TPSA) is 79.6 Å². The summed E-state index contributed by atoms with van der Waals surface area (Å²) >= 11 is 0. The first kappa shape index (κ1) is 15.9. The van der Waals surface area contributed by atoms with E-state index in [4.69, 9.17) is 0 Å². The average Bonchev–Trinajstić information content (AvgIpc) is 3.16. The zero-order valence-corrected chi connectivity index (χ0v) is 14.1. The van der Waals surface area contributed by atoms with Crippen LogP contribution in [0.15, 0.2) is 35.1 Å². The third-order valence-electron chi connectivity index (χ3n) is 5.97. The molecule has 2 heterocycles. The fourth-order valence-corrected chi connectivity index (χ4v) is 4.55. The first-order chi connectivity index (χ1) is 11.9. The molecule has 1 amide bonds. The lowest BCUT2D eigenvalue weighted by atomic mass is 9.81. The van der Waals surface area contributed by atoms with E-state index in [9.17, 15) is 19.5 Å². The standard InChI is InChI=1S/C19H20N2O4/c1-20-15-7-3-2-6-13(15)14(9-16(20)22)17(23)21-10-12-5-4-8-19(12,11-21)18(24)25/h2-3,6-7,9,12H,4-5,8,10-11H2,1H3,(H,24,25)/t12-,19+/m0/s1. The molecule has 0 radical (unpaired) electrons.